The molecule has 0 bridgehead atoms. The molecule has 1 saturated heterocycles. The van der Waals surface area contributed by atoms with Crippen molar-refractivity contribution in [2.24, 2.45) is 0 Å². The minimum atomic E-state index is -2.26. The summed E-state index contributed by atoms with van der Waals surface area (Å²) >= 11 is 6.42. The van der Waals surface area contributed by atoms with Gasteiger partial charge in [-0.1, -0.05) is 35.9 Å². The average molecular weight is 484 g/mol. The number of hydrogen-bond acceptors (Lipinski definition) is 6. The molecule has 0 aliphatic carbocycles. The summed E-state index contributed by atoms with van der Waals surface area (Å²) in [5, 5.41) is 33.0. The first-order valence-corrected chi connectivity index (χ1v) is 13.6. The molecule has 4 N–H and O–H groups in total. The van der Waals surface area contributed by atoms with E-state index in [2.05, 4.69) is 5.09 Å². The van der Waals surface area contributed by atoms with E-state index in [0.717, 1.165) is 22.4 Å². The van der Waals surface area contributed by atoms with Crippen LogP contribution in [0.1, 0.15) is 29.2 Å². The first-order chi connectivity index (χ1) is 15.2. The molecule has 2 aromatic carbocycles. The molecule has 0 spiro atoms. The summed E-state index contributed by atoms with van der Waals surface area (Å²) in [4.78, 5) is 0. The maximum atomic E-state index is 11.6. The molecule has 4 atom stereocenters. The average Bonchev–Trinajstić information content (AvgIpc) is 2.75. The van der Waals surface area contributed by atoms with Crippen molar-refractivity contribution in [3.05, 3.63) is 64.2 Å². The van der Waals surface area contributed by atoms with Gasteiger partial charge in [-0.25, -0.2) is 0 Å². The number of rotatable bonds is 9. The van der Waals surface area contributed by atoms with Crippen LogP contribution in [0.4, 0.5) is 0 Å². The van der Waals surface area contributed by atoms with Crippen molar-refractivity contribution in [3.63, 3.8) is 0 Å². The van der Waals surface area contributed by atoms with Crippen LogP contribution in [0.5, 0.6) is 5.75 Å². The third-order valence-electron chi connectivity index (χ3n) is 5.37. The van der Waals surface area contributed by atoms with Crippen LogP contribution in [-0.4, -0.2) is 66.7 Å². The Bertz CT molecular complexity index is 935. The molecule has 32 heavy (non-hydrogen) atoms. The molecule has 1 fully saturated rings. The second-order valence-corrected chi connectivity index (χ2v) is 11.8. The Labute approximate surface area is 193 Å². The van der Waals surface area contributed by atoms with Gasteiger partial charge in [0.2, 0.25) is 0 Å². The first kappa shape index (κ1) is 25.2. The highest BCUT2D eigenvalue weighted by molar-refractivity contribution is 7.60. The lowest BCUT2D eigenvalue weighted by Crippen LogP contribution is -2.47. The van der Waals surface area contributed by atoms with Crippen LogP contribution in [-0.2, 0) is 15.7 Å². The summed E-state index contributed by atoms with van der Waals surface area (Å²) in [5.74, 6) is 0.732. The Morgan fingerprint density at radius 3 is 2.56 bits per heavy atom. The summed E-state index contributed by atoms with van der Waals surface area (Å²) in [7, 11) is -2.26. The fourth-order valence-corrected chi connectivity index (χ4v) is 4.47. The molecule has 2 aromatic rings. The van der Waals surface area contributed by atoms with Crippen molar-refractivity contribution in [2.75, 3.05) is 33.1 Å². The van der Waals surface area contributed by atoms with Gasteiger partial charge >= 0.3 is 0 Å². The van der Waals surface area contributed by atoms with Gasteiger partial charge in [0.25, 0.3) is 0 Å². The molecular weight excluding hydrogens is 453 g/mol. The maximum absolute atomic E-state index is 11.6. The smallest absolute Gasteiger partial charge is 0.142 e. The minimum Gasteiger partial charge on any atom is -0.492 e. The third-order valence-corrected chi connectivity index (χ3v) is 6.73. The summed E-state index contributed by atoms with van der Waals surface area (Å²) in [6, 6.07) is 13.3. The van der Waals surface area contributed by atoms with Crippen molar-refractivity contribution in [3.8, 4) is 5.75 Å². The molecule has 3 rings (SSSR count). The fraction of sp³-hybridized carbons (Fsp3) is 0.478. The Morgan fingerprint density at radius 2 is 1.91 bits per heavy atom. The lowest BCUT2D eigenvalue weighted by molar-refractivity contribution is -0.181. The Kier molecular flexibility index (Phi) is 8.75. The lowest BCUT2D eigenvalue weighted by Gasteiger charge is -2.36. The van der Waals surface area contributed by atoms with Crippen LogP contribution in [0, 0.1) is 0 Å². The SMILES string of the molecule is CP(C)(=O)NCCOc1ccc(Cc2cc(C3CC(O)C(O)C(CO)O3)ccc2Cl)cc1. The first-order valence-electron chi connectivity index (χ1n) is 10.6. The van der Waals surface area contributed by atoms with Gasteiger partial charge in [-0.05, 0) is 41.3 Å². The molecule has 4 unspecified atom stereocenters. The Hall–Kier alpha value is -1.44. The van der Waals surface area contributed by atoms with Crippen molar-refractivity contribution < 1.29 is 29.4 Å². The van der Waals surface area contributed by atoms with Crippen molar-refractivity contribution >= 4 is 18.9 Å². The molecule has 9 heteroatoms. The van der Waals surface area contributed by atoms with E-state index in [1.54, 1.807) is 19.4 Å². The van der Waals surface area contributed by atoms with E-state index in [1.807, 2.05) is 36.4 Å². The molecule has 0 aromatic heterocycles. The van der Waals surface area contributed by atoms with Crippen molar-refractivity contribution in [1.82, 2.24) is 5.09 Å². The molecular formula is C23H31ClNO6P. The van der Waals surface area contributed by atoms with E-state index < -0.39 is 31.7 Å². The quantitative estimate of drug-likeness (QED) is 0.321. The van der Waals surface area contributed by atoms with Crippen LogP contribution in [0.3, 0.4) is 0 Å². The third kappa shape index (κ3) is 7.03. The second-order valence-electron chi connectivity index (χ2n) is 8.42. The second kappa shape index (κ2) is 11.1. The highest BCUT2D eigenvalue weighted by Gasteiger charge is 2.37. The van der Waals surface area contributed by atoms with Crippen LogP contribution < -0.4 is 9.82 Å². The molecule has 1 aliphatic rings. The zero-order valence-electron chi connectivity index (χ0n) is 18.3. The highest BCUT2D eigenvalue weighted by Crippen LogP contribution is 2.34. The Balaban J connectivity index is 1.63. The summed E-state index contributed by atoms with van der Waals surface area (Å²) in [6.45, 7) is 3.93. The summed E-state index contributed by atoms with van der Waals surface area (Å²) in [6.07, 6.45) is -2.49. The van der Waals surface area contributed by atoms with Crippen molar-refractivity contribution in [1.29, 1.82) is 0 Å². The van der Waals surface area contributed by atoms with Gasteiger partial charge in [-0.3, -0.25) is 5.09 Å². The zero-order valence-corrected chi connectivity index (χ0v) is 19.9. The minimum absolute atomic E-state index is 0.241. The van der Waals surface area contributed by atoms with Gasteiger partial charge in [-0.15, -0.1) is 0 Å². The van der Waals surface area contributed by atoms with E-state index in [9.17, 15) is 19.9 Å². The van der Waals surface area contributed by atoms with Gasteiger partial charge in [0.05, 0.1) is 18.8 Å². The zero-order chi connectivity index (χ0) is 23.3. The van der Waals surface area contributed by atoms with Crippen LogP contribution in [0.2, 0.25) is 5.02 Å². The predicted molar refractivity (Wildman–Crippen MR) is 125 cm³/mol. The number of benzene rings is 2. The number of halogens is 1. The van der Waals surface area contributed by atoms with Crippen LogP contribution in [0.25, 0.3) is 0 Å². The van der Waals surface area contributed by atoms with Gasteiger partial charge < -0.3 is 29.4 Å². The van der Waals surface area contributed by atoms with Crippen LogP contribution in [0.15, 0.2) is 42.5 Å². The van der Waals surface area contributed by atoms with Gasteiger partial charge in [-0.2, -0.15) is 0 Å². The van der Waals surface area contributed by atoms with Crippen LogP contribution >= 0.6 is 18.9 Å². The van der Waals surface area contributed by atoms with E-state index in [1.165, 1.54) is 0 Å². The normalized spacial score (nSPS) is 23.8. The van der Waals surface area contributed by atoms with Gasteiger partial charge in [0, 0.05) is 31.3 Å². The molecule has 0 saturated carbocycles. The number of ether oxygens (including phenoxy) is 2. The monoisotopic (exact) mass is 483 g/mol. The fourth-order valence-electron chi connectivity index (χ4n) is 3.66. The predicted octanol–water partition coefficient (Wildman–Crippen LogP) is 2.98. The van der Waals surface area contributed by atoms with Gasteiger partial charge in [0.1, 0.15) is 31.9 Å². The molecule has 0 amide bonds. The molecule has 0 radical (unpaired) electrons. The number of aliphatic hydroxyl groups is 3. The van der Waals surface area contributed by atoms with Gasteiger partial charge in [0.15, 0.2) is 0 Å². The lowest BCUT2D eigenvalue weighted by atomic mass is 9.92. The Morgan fingerprint density at radius 1 is 1.19 bits per heavy atom. The number of nitrogens with one attached hydrogen (secondary N) is 1. The largest absolute Gasteiger partial charge is 0.492 e. The molecule has 1 heterocycles. The van der Waals surface area contributed by atoms with E-state index in [-0.39, 0.29) is 13.0 Å². The molecule has 7 nitrogen and oxygen atoms in total. The standard InChI is InChI=1S/C23H31ClNO6P/c1-32(2,29)25-9-10-30-18-6-3-15(4-7-18)11-17-12-16(5-8-19(17)24)21-13-20(27)23(28)22(14-26)31-21/h3-8,12,20-23,26-28H,9-11,13-14H2,1-2H3,(H,25,29). The van der Waals surface area contributed by atoms with E-state index in [0.29, 0.717) is 24.6 Å². The summed E-state index contributed by atoms with van der Waals surface area (Å²) < 4.78 is 23.1. The highest BCUT2D eigenvalue weighted by atomic mass is 35.5. The topological polar surface area (TPSA) is 108 Å². The van der Waals surface area contributed by atoms with Crippen molar-refractivity contribution in [2.45, 2.75) is 37.3 Å². The molecule has 176 valence electrons. The number of aliphatic hydroxyl groups excluding tert-OH is 3. The maximum Gasteiger partial charge on any atom is 0.142 e. The van der Waals surface area contributed by atoms with E-state index >= 15 is 0 Å². The van der Waals surface area contributed by atoms with E-state index in [4.69, 9.17) is 21.1 Å². The number of hydrogen-bond donors (Lipinski definition) is 4. The molecule has 1 aliphatic heterocycles. The summed E-state index contributed by atoms with van der Waals surface area (Å²) in [5.41, 5.74) is 2.80.